The highest BCUT2D eigenvalue weighted by Crippen LogP contribution is 2.19. The summed E-state index contributed by atoms with van der Waals surface area (Å²) in [6.07, 6.45) is 0.772. The maximum Gasteiger partial charge on any atom is 0.244 e. The Morgan fingerprint density at radius 2 is 2.05 bits per heavy atom. The fraction of sp³-hybridized carbons (Fsp3) is 0.714. The molecule has 0 spiro atoms. The van der Waals surface area contributed by atoms with Gasteiger partial charge in [0.25, 0.3) is 0 Å². The van der Waals surface area contributed by atoms with Crippen LogP contribution in [0.3, 0.4) is 0 Å². The van der Waals surface area contributed by atoms with Crippen molar-refractivity contribution in [3.05, 3.63) is 17.6 Å². The molecule has 0 aliphatic carbocycles. The molecule has 6 nitrogen and oxygen atoms in total. The van der Waals surface area contributed by atoms with Crippen LogP contribution in [0.1, 0.15) is 31.8 Å². The fourth-order valence-electron chi connectivity index (χ4n) is 1.92. The first-order valence-corrected chi connectivity index (χ1v) is 8.70. The molecule has 0 amide bonds. The third-order valence-electron chi connectivity index (χ3n) is 3.43. The molecule has 7 heteroatoms. The van der Waals surface area contributed by atoms with Crippen molar-refractivity contribution in [1.29, 1.82) is 0 Å². The summed E-state index contributed by atoms with van der Waals surface area (Å²) in [5.41, 5.74) is 0. The van der Waals surface area contributed by atoms with E-state index in [2.05, 4.69) is 28.8 Å². The molecule has 0 aliphatic heterocycles. The Kier molecular flexibility index (Phi) is 6.86. The predicted molar refractivity (Wildman–Crippen MR) is 83.8 cm³/mol. The summed E-state index contributed by atoms with van der Waals surface area (Å²) in [7, 11) is 0.322. The van der Waals surface area contributed by atoms with E-state index in [1.165, 1.54) is 0 Å². The highest BCUT2D eigenvalue weighted by atomic mass is 32.2. The van der Waals surface area contributed by atoms with Crippen LogP contribution in [0.2, 0.25) is 0 Å². The van der Waals surface area contributed by atoms with Crippen LogP contribution in [-0.4, -0.2) is 46.5 Å². The van der Waals surface area contributed by atoms with Crippen molar-refractivity contribution >= 4 is 10.0 Å². The molecule has 122 valence electrons. The van der Waals surface area contributed by atoms with Crippen LogP contribution in [-0.2, 0) is 16.6 Å². The van der Waals surface area contributed by atoms with Crippen molar-refractivity contribution in [3.8, 4) is 0 Å². The summed E-state index contributed by atoms with van der Waals surface area (Å²) in [6, 6.07) is 2.04. The molecule has 0 radical (unpaired) electrons. The van der Waals surface area contributed by atoms with Crippen LogP contribution in [0.25, 0.3) is 0 Å². The second kappa shape index (κ2) is 7.93. The summed E-state index contributed by atoms with van der Waals surface area (Å²) >= 11 is 0. The monoisotopic (exact) mass is 317 g/mol. The number of nitrogens with zero attached hydrogens (tertiary/aromatic N) is 1. The van der Waals surface area contributed by atoms with Crippen LogP contribution in [0, 0.1) is 6.92 Å². The van der Waals surface area contributed by atoms with Crippen molar-refractivity contribution in [1.82, 2.24) is 14.9 Å². The van der Waals surface area contributed by atoms with Crippen LogP contribution < -0.4 is 10.0 Å². The molecule has 1 aromatic rings. The van der Waals surface area contributed by atoms with Gasteiger partial charge in [0.1, 0.15) is 16.4 Å². The van der Waals surface area contributed by atoms with Gasteiger partial charge in [-0.05, 0) is 47.8 Å². The molecular formula is C14H27N3O3S. The minimum absolute atomic E-state index is 0.227. The zero-order chi connectivity index (χ0) is 16.0. The summed E-state index contributed by atoms with van der Waals surface area (Å²) in [6.45, 7) is 7.68. The molecule has 0 bridgehead atoms. The third-order valence-corrected chi connectivity index (χ3v) is 4.99. The van der Waals surface area contributed by atoms with Crippen molar-refractivity contribution in [2.45, 2.75) is 44.7 Å². The van der Waals surface area contributed by atoms with Gasteiger partial charge in [0, 0.05) is 18.7 Å². The Morgan fingerprint density at radius 3 is 2.62 bits per heavy atom. The minimum Gasteiger partial charge on any atom is -0.464 e. The maximum atomic E-state index is 12.2. The zero-order valence-electron chi connectivity index (χ0n) is 13.6. The highest BCUT2D eigenvalue weighted by molar-refractivity contribution is 7.89. The van der Waals surface area contributed by atoms with Gasteiger partial charge < -0.3 is 14.6 Å². The lowest BCUT2D eigenvalue weighted by atomic mass is 10.3. The van der Waals surface area contributed by atoms with E-state index in [1.54, 1.807) is 20.0 Å². The molecule has 2 N–H and O–H groups in total. The number of aryl methyl sites for hydroxylation is 1. The van der Waals surface area contributed by atoms with Crippen molar-refractivity contribution in [3.63, 3.8) is 0 Å². The second-order valence-corrected chi connectivity index (χ2v) is 7.22. The SMILES string of the molecule is CNCc1cc(S(=O)(=O)NCCCN(C)C(C)C)c(C)o1. The highest BCUT2D eigenvalue weighted by Gasteiger charge is 2.20. The van der Waals surface area contributed by atoms with Crippen LogP contribution in [0.5, 0.6) is 0 Å². The van der Waals surface area contributed by atoms with E-state index >= 15 is 0 Å². The fourth-order valence-corrected chi connectivity index (χ4v) is 3.20. The molecule has 21 heavy (non-hydrogen) atoms. The molecule has 0 fully saturated rings. The van der Waals surface area contributed by atoms with Gasteiger partial charge in [-0.3, -0.25) is 0 Å². The molecule has 0 aliphatic rings. The molecule has 0 saturated heterocycles. The topological polar surface area (TPSA) is 74.6 Å². The van der Waals surface area contributed by atoms with E-state index in [9.17, 15) is 8.42 Å². The van der Waals surface area contributed by atoms with Crippen LogP contribution in [0.15, 0.2) is 15.4 Å². The van der Waals surface area contributed by atoms with Gasteiger partial charge >= 0.3 is 0 Å². The van der Waals surface area contributed by atoms with Crippen molar-refractivity contribution in [2.24, 2.45) is 0 Å². The van der Waals surface area contributed by atoms with Gasteiger partial charge in [-0.15, -0.1) is 0 Å². The first-order chi connectivity index (χ1) is 9.77. The van der Waals surface area contributed by atoms with Gasteiger partial charge in [0.15, 0.2) is 0 Å². The normalized spacial score (nSPS) is 12.5. The Labute approximate surface area is 127 Å². The van der Waals surface area contributed by atoms with Gasteiger partial charge in [0.2, 0.25) is 10.0 Å². The van der Waals surface area contributed by atoms with Crippen LogP contribution in [0.4, 0.5) is 0 Å². The summed E-state index contributed by atoms with van der Waals surface area (Å²) in [4.78, 5) is 2.41. The number of rotatable bonds is 9. The predicted octanol–water partition coefficient (Wildman–Crippen LogP) is 1.32. The van der Waals surface area contributed by atoms with E-state index in [-0.39, 0.29) is 4.90 Å². The van der Waals surface area contributed by atoms with E-state index in [1.807, 2.05) is 7.05 Å². The van der Waals surface area contributed by atoms with Crippen molar-refractivity contribution < 1.29 is 12.8 Å². The standard InChI is InChI=1S/C14H27N3O3S/c1-11(2)17(5)8-6-7-16-21(18,19)14-9-13(10-15-4)20-12(14)3/h9,11,15-16H,6-8,10H2,1-5H3. The van der Waals surface area contributed by atoms with Gasteiger partial charge in [0.05, 0.1) is 6.54 Å². The zero-order valence-corrected chi connectivity index (χ0v) is 14.4. The van der Waals surface area contributed by atoms with E-state index in [0.29, 0.717) is 30.7 Å². The largest absolute Gasteiger partial charge is 0.464 e. The molecule has 1 heterocycles. The van der Waals surface area contributed by atoms with Gasteiger partial charge in [-0.25, -0.2) is 13.1 Å². The Balaban J connectivity index is 2.57. The summed E-state index contributed by atoms with van der Waals surface area (Å²) < 4.78 is 32.5. The molecule has 0 saturated carbocycles. The third kappa shape index (κ3) is 5.43. The van der Waals surface area contributed by atoms with Crippen molar-refractivity contribution in [2.75, 3.05) is 27.2 Å². The Hall–Kier alpha value is -0.890. The second-order valence-electron chi connectivity index (χ2n) is 5.49. The smallest absolute Gasteiger partial charge is 0.244 e. The van der Waals surface area contributed by atoms with E-state index in [0.717, 1.165) is 13.0 Å². The Morgan fingerprint density at radius 1 is 1.38 bits per heavy atom. The lowest BCUT2D eigenvalue weighted by Crippen LogP contribution is -2.31. The molecule has 0 atom stereocenters. The number of hydrogen-bond acceptors (Lipinski definition) is 5. The number of nitrogens with one attached hydrogen (secondary N) is 2. The first kappa shape index (κ1) is 18.2. The van der Waals surface area contributed by atoms with Gasteiger partial charge in [-0.1, -0.05) is 0 Å². The average molecular weight is 317 g/mol. The Bertz CT molecular complexity index is 538. The average Bonchev–Trinajstić information content (AvgIpc) is 2.76. The molecule has 0 aromatic carbocycles. The number of sulfonamides is 1. The first-order valence-electron chi connectivity index (χ1n) is 7.21. The minimum atomic E-state index is -3.50. The lowest BCUT2D eigenvalue weighted by molar-refractivity contribution is 0.271. The van der Waals surface area contributed by atoms with Gasteiger partial charge in [-0.2, -0.15) is 0 Å². The molecular weight excluding hydrogens is 290 g/mol. The molecule has 1 aromatic heterocycles. The quantitative estimate of drug-likeness (QED) is 0.672. The van der Waals surface area contributed by atoms with E-state index in [4.69, 9.17) is 4.42 Å². The maximum absolute atomic E-state index is 12.2. The van der Waals surface area contributed by atoms with E-state index < -0.39 is 10.0 Å². The molecule has 0 unspecified atom stereocenters. The number of furan rings is 1. The summed E-state index contributed by atoms with van der Waals surface area (Å²) in [5.74, 6) is 1.04. The van der Waals surface area contributed by atoms with Crippen LogP contribution >= 0.6 is 0 Å². The lowest BCUT2D eigenvalue weighted by Gasteiger charge is -2.20. The number of hydrogen-bond donors (Lipinski definition) is 2. The molecule has 1 rings (SSSR count). The summed E-state index contributed by atoms with van der Waals surface area (Å²) in [5, 5.41) is 2.94.